The zero-order valence-corrected chi connectivity index (χ0v) is 12.0. The molecule has 0 aliphatic heterocycles. The fourth-order valence-electron chi connectivity index (χ4n) is 1.84. The highest BCUT2D eigenvalue weighted by Crippen LogP contribution is 2.25. The number of hydrogen-bond donors (Lipinski definition) is 2. The molecule has 0 spiro atoms. The summed E-state index contributed by atoms with van der Waals surface area (Å²) in [5.74, 6) is 0.643. The van der Waals surface area contributed by atoms with E-state index in [1.807, 2.05) is 0 Å². The average Bonchev–Trinajstić information content (AvgIpc) is 2.95. The minimum Gasteiger partial charge on any atom is -0.407 e. The normalized spacial score (nSPS) is 16.5. The molecule has 19 heavy (non-hydrogen) atoms. The van der Waals surface area contributed by atoms with Gasteiger partial charge in [0.2, 0.25) is 5.89 Å². The van der Waals surface area contributed by atoms with Crippen LogP contribution in [0.2, 0.25) is 0 Å². The first-order valence-corrected chi connectivity index (χ1v) is 7.41. The van der Waals surface area contributed by atoms with Gasteiger partial charge in [-0.05, 0) is 38.8 Å². The second-order valence-electron chi connectivity index (χ2n) is 4.97. The molecule has 0 aromatic carbocycles. The molecule has 3 rings (SSSR count). The highest BCUT2D eigenvalue weighted by Gasteiger charge is 2.21. The predicted octanol–water partition coefficient (Wildman–Crippen LogP) is 2.86. The van der Waals surface area contributed by atoms with E-state index in [1.165, 1.54) is 22.6 Å². The molecule has 2 aromatic rings. The van der Waals surface area contributed by atoms with Gasteiger partial charge in [0.15, 0.2) is 0 Å². The molecule has 102 valence electrons. The molecule has 0 bridgehead atoms. The van der Waals surface area contributed by atoms with Gasteiger partial charge in [0.05, 0.1) is 12.6 Å². The molecule has 5 nitrogen and oxygen atoms in total. The van der Waals surface area contributed by atoms with E-state index in [-0.39, 0.29) is 6.04 Å². The highest BCUT2D eigenvalue weighted by molar-refractivity contribution is 7.12. The van der Waals surface area contributed by atoms with Crippen molar-refractivity contribution in [3.8, 4) is 0 Å². The molecule has 2 N–H and O–H groups in total. The largest absolute Gasteiger partial charge is 0.407 e. The quantitative estimate of drug-likeness (QED) is 0.850. The van der Waals surface area contributed by atoms with E-state index in [4.69, 9.17) is 4.42 Å². The molecular weight excluding hydrogens is 260 g/mol. The molecule has 6 heteroatoms. The van der Waals surface area contributed by atoms with Gasteiger partial charge in [0, 0.05) is 15.8 Å². The fraction of sp³-hybridized carbons (Fsp3) is 0.538. The number of thiophene rings is 1. The Morgan fingerprint density at radius 3 is 2.95 bits per heavy atom. The summed E-state index contributed by atoms with van der Waals surface area (Å²) in [6, 6.07) is 5.58. The monoisotopic (exact) mass is 278 g/mol. The van der Waals surface area contributed by atoms with Crippen molar-refractivity contribution < 1.29 is 4.42 Å². The summed E-state index contributed by atoms with van der Waals surface area (Å²) in [6.07, 6.45) is 2.52. The topological polar surface area (TPSA) is 63.0 Å². The van der Waals surface area contributed by atoms with E-state index in [2.05, 4.69) is 46.8 Å². The van der Waals surface area contributed by atoms with E-state index in [0.29, 0.717) is 24.5 Å². The van der Waals surface area contributed by atoms with Crippen LogP contribution in [0.4, 0.5) is 6.01 Å². The lowest BCUT2D eigenvalue weighted by atomic mass is 10.3. The Kier molecular flexibility index (Phi) is 3.52. The number of hydrogen-bond acceptors (Lipinski definition) is 6. The van der Waals surface area contributed by atoms with E-state index >= 15 is 0 Å². The Balaban J connectivity index is 1.56. The van der Waals surface area contributed by atoms with Gasteiger partial charge < -0.3 is 15.1 Å². The number of aromatic nitrogens is 2. The summed E-state index contributed by atoms with van der Waals surface area (Å²) in [4.78, 5) is 2.58. The molecule has 1 aliphatic rings. The number of nitrogens with zero attached hydrogens (tertiary/aromatic N) is 2. The first-order chi connectivity index (χ1) is 9.20. The van der Waals surface area contributed by atoms with Gasteiger partial charge in [0.25, 0.3) is 0 Å². The number of anilines is 1. The summed E-state index contributed by atoms with van der Waals surface area (Å²) >= 11 is 1.78. The standard InChI is InChI=1S/C13H18N4OS/c1-8-3-6-11(19-8)9(2)15-13-17-16-12(18-13)7-14-10-4-5-10/h3,6,9-10,14H,4-5,7H2,1-2H3,(H,15,17). The van der Waals surface area contributed by atoms with Crippen molar-refractivity contribution in [1.29, 1.82) is 0 Å². The Labute approximate surface area is 116 Å². The second kappa shape index (κ2) is 5.30. The molecule has 2 heterocycles. The maximum Gasteiger partial charge on any atom is 0.316 e. The summed E-state index contributed by atoms with van der Waals surface area (Å²) in [7, 11) is 0. The van der Waals surface area contributed by atoms with Crippen LogP contribution in [0.3, 0.4) is 0 Å². The van der Waals surface area contributed by atoms with Crippen LogP contribution in [0.25, 0.3) is 0 Å². The van der Waals surface area contributed by atoms with Crippen molar-refractivity contribution in [2.24, 2.45) is 0 Å². The molecule has 0 saturated heterocycles. The highest BCUT2D eigenvalue weighted by atomic mass is 32.1. The zero-order valence-electron chi connectivity index (χ0n) is 11.1. The van der Waals surface area contributed by atoms with Crippen LogP contribution in [0, 0.1) is 6.92 Å². The van der Waals surface area contributed by atoms with Gasteiger partial charge in [-0.1, -0.05) is 5.10 Å². The van der Waals surface area contributed by atoms with Crippen LogP contribution in [-0.2, 0) is 6.54 Å². The van der Waals surface area contributed by atoms with Crippen molar-refractivity contribution in [1.82, 2.24) is 15.5 Å². The zero-order chi connectivity index (χ0) is 13.2. The molecule has 1 saturated carbocycles. The molecular formula is C13H18N4OS. The Morgan fingerprint density at radius 2 is 2.26 bits per heavy atom. The van der Waals surface area contributed by atoms with Gasteiger partial charge >= 0.3 is 6.01 Å². The Bertz CT molecular complexity index is 546. The van der Waals surface area contributed by atoms with E-state index in [1.54, 1.807) is 11.3 Å². The molecule has 1 atom stereocenters. The lowest BCUT2D eigenvalue weighted by Gasteiger charge is -2.08. The Morgan fingerprint density at radius 1 is 1.42 bits per heavy atom. The number of nitrogens with one attached hydrogen (secondary N) is 2. The SMILES string of the molecule is Cc1ccc(C(C)Nc2nnc(CNC3CC3)o2)s1. The third-order valence-electron chi connectivity index (χ3n) is 3.11. The molecule has 1 fully saturated rings. The van der Waals surface area contributed by atoms with E-state index < -0.39 is 0 Å². The maximum atomic E-state index is 5.57. The van der Waals surface area contributed by atoms with Gasteiger partial charge in [-0.3, -0.25) is 0 Å². The van der Waals surface area contributed by atoms with Crippen molar-refractivity contribution >= 4 is 17.4 Å². The van der Waals surface area contributed by atoms with Crippen molar-refractivity contribution in [2.45, 2.75) is 45.3 Å². The van der Waals surface area contributed by atoms with Crippen LogP contribution in [0.1, 0.15) is 41.5 Å². The van der Waals surface area contributed by atoms with E-state index in [9.17, 15) is 0 Å². The predicted molar refractivity (Wildman–Crippen MR) is 75.3 cm³/mol. The van der Waals surface area contributed by atoms with Crippen LogP contribution in [0.15, 0.2) is 16.5 Å². The van der Waals surface area contributed by atoms with Crippen LogP contribution in [0.5, 0.6) is 0 Å². The summed E-state index contributed by atoms with van der Waals surface area (Å²) in [6.45, 7) is 4.86. The summed E-state index contributed by atoms with van der Waals surface area (Å²) in [5, 5.41) is 14.6. The van der Waals surface area contributed by atoms with Crippen molar-refractivity contribution in [3.63, 3.8) is 0 Å². The maximum absolute atomic E-state index is 5.57. The van der Waals surface area contributed by atoms with Gasteiger partial charge in [-0.2, -0.15) is 0 Å². The van der Waals surface area contributed by atoms with E-state index in [0.717, 1.165) is 0 Å². The minimum absolute atomic E-state index is 0.184. The second-order valence-corrected chi connectivity index (χ2v) is 6.29. The number of rotatable bonds is 6. The number of aryl methyl sites for hydroxylation is 1. The average molecular weight is 278 g/mol. The minimum atomic E-state index is 0.184. The molecule has 1 aliphatic carbocycles. The molecule has 0 amide bonds. The van der Waals surface area contributed by atoms with Gasteiger partial charge in [0.1, 0.15) is 0 Å². The van der Waals surface area contributed by atoms with Gasteiger partial charge in [-0.15, -0.1) is 16.4 Å². The summed E-state index contributed by atoms with van der Waals surface area (Å²) in [5.41, 5.74) is 0. The van der Waals surface area contributed by atoms with Gasteiger partial charge in [-0.25, -0.2) is 0 Å². The molecule has 2 aromatic heterocycles. The van der Waals surface area contributed by atoms with Crippen LogP contribution in [-0.4, -0.2) is 16.2 Å². The lowest BCUT2D eigenvalue weighted by molar-refractivity contribution is 0.473. The molecule has 0 radical (unpaired) electrons. The fourth-order valence-corrected chi connectivity index (χ4v) is 2.72. The third kappa shape index (κ3) is 3.33. The lowest BCUT2D eigenvalue weighted by Crippen LogP contribution is -2.15. The van der Waals surface area contributed by atoms with Crippen LogP contribution >= 0.6 is 11.3 Å². The Hall–Kier alpha value is -1.40. The van der Waals surface area contributed by atoms with Crippen LogP contribution < -0.4 is 10.6 Å². The molecule has 1 unspecified atom stereocenters. The third-order valence-corrected chi connectivity index (χ3v) is 4.30. The smallest absolute Gasteiger partial charge is 0.316 e. The summed E-state index contributed by atoms with van der Waals surface area (Å²) < 4.78 is 5.57. The first kappa shape index (κ1) is 12.6. The van der Waals surface area contributed by atoms with Crippen molar-refractivity contribution in [3.05, 3.63) is 27.8 Å². The first-order valence-electron chi connectivity index (χ1n) is 6.59. The van der Waals surface area contributed by atoms with Crippen molar-refractivity contribution in [2.75, 3.05) is 5.32 Å².